The molecule has 4 rings (SSSR count). The van der Waals surface area contributed by atoms with Gasteiger partial charge in [-0.3, -0.25) is 9.59 Å². The fourth-order valence-electron chi connectivity index (χ4n) is 6.71. The highest BCUT2D eigenvalue weighted by molar-refractivity contribution is 5.92. The lowest BCUT2D eigenvalue weighted by Crippen LogP contribution is -2.55. The predicted molar refractivity (Wildman–Crippen MR) is 90.9 cm³/mol. The molecule has 24 heavy (non-hydrogen) atoms. The van der Waals surface area contributed by atoms with E-state index in [1.807, 2.05) is 0 Å². The van der Waals surface area contributed by atoms with Crippen LogP contribution in [0.15, 0.2) is 11.6 Å². The van der Waals surface area contributed by atoms with Crippen LogP contribution in [0.4, 0.5) is 0 Å². The Bertz CT molecular complexity index is 669. The van der Waals surface area contributed by atoms with Crippen molar-refractivity contribution in [2.75, 3.05) is 0 Å². The Labute approximate surface area is 143 Å². The van der Waals surface area contributed by atoms with E-state index in [0.717, 1.165) is 37.7 Å². The first kappa shape index (κ1) is 16.1. The van der Waals surface area contributed by atoms with Crippen molar-refractivity contribution in [1.82, 2.24) is 0 Å². The van der Waals surface area contributed by atoms with Crippen molar-refractivity contribution in [3.05, 3.63) is 11.6 Å². The van der Waals surface area contributed by atoms with E-state index in [-0.39, 0.29) is 11.2 Å². The molecule has 1 unspecified atom stereocenters. The summed E-state index contributed by atoms with van der Waals surface area (Å²) < 4.78 is 0. The molecule has 3 saturated carbocycles. The van der Waals surface area contributed by atoms with Crippen LogP contribution in [0.3, 0.4) is 0 Å². The second-order valence-corrected chi connectivity index (χ2v) is 8.58. The Morgan fingerprint density at radius 1 is 1.17 bits per heavy atom. The van der Waals surface area contributed by atoms with E-state index in [9.17, 15) is 14.7 Å². The van der Waals surface area contributed by atoms with Crippen LogP contribution < -0.4 is 0 Å². The summed E-state index contributed by atoms with van der Waals surface area (Å²) >= 11 is 0. The number of terminal acetylenes is 1. The molecule has 0 aromatic heterocycles. The van der Waals surface area contributed by atoms with Crippen LogP contribution in [0.1, 0.15) is 58.3 Å². The Morgan fingerprint density at radius 3 is 2.71 bits per heavy atom. The first-order valence-electron chi connectivity index (χ1n) is 9.35. The number of Topliss-reactive ketones (excluding diaryl/α,β-unsaturated/α-hetero) is 1. The number of aliphatic hydroxyl groups is 1. The molecule has 0 heterocycles. The number of hydrogen-bond donors (Lipinski definition) is 1. The zero-order valence-electron chi connectivity index (χ0n) is 14.4. The van der Waals surface area contributed by atoms with Gasteiger partial charge < -0.3 is 5.11 Å². The van der Waals surface area contributed by atoms with E-state index >= 15 is 0 Å². The van der Waals surface area contributed by atoms with E-state index in [4.69, 9.17) is 6.42 Å². The predicted octanol–water partition coefficient (Wildman–Crippen LogP) is 3.06. The average Bonchev–Trinajstić information content (AvgIpc) is 2.89. The molecule has 6 atom stereocenters. The van der Waals surface area contributed by atoms with Crippen LogP contribution in [0.5, 0.6) is 0 Å². The van der Waals surface area contributed by atoms with Crippen molar-refractivity contribution >= 4 is 11.6 Å². The van der Waals surface area contributed by atoms with Gasteiger partial charge in [0, 0.05) is 23.7 Å². The van der Waals surface area contributed by atoms with Gasteiger partial charge in [0.15, 0.2) is 5.78 Å². The molecule has 0 saturated heterocycles. The van der Waals surface area contributed by atoms with E-state index in [0.29, 0.717) is 42.8 Å². The van der Waals surface area contributed by atoms with Crippen LogP contribution in [-0.2, 0) is 9.59 Å². The van der Waals surface area contributed by atoms with Gasteiger partial charge >= 0.3 is 0 Å². The molecule has 3 heteroatoms. The topological polar surface area (TPSA) is 54.4 Å². The number of carbonyl (C=O) groups is 2. The Kier molecular flexibility index (Phi) is 3.55. The Balaban J connectivity index is 1.78. The van der Waals surface area contributed by atoms with Crippen LogP contribution in [0, 0.1) is 40.9 Å². The fraction of sp³-hybridized carbons (Fsp3) is 0.714. The first-order valence-corrected chi connectivity index (χ1v) is 9.35. The number of aliphatic hydroxyl groups excluding tert-OH is 1. The van der Waals surface area contributed by atoms with E-state index < -0.39 is 11.5 Å². The summed E-state index contributed by atoms with van der Waals surface area (Å²) in [5.74, 6) is 4.36. The normalized spacial score (nSPS) is 45.5. The second kappa shape index (κ2) is 5.30. The van der Waals surface area contributed by atoms with Gasteiger partial charge in [0.1, 0.15) is 11.9 Å². The summed E-state index contributed by atoms with van der Waals surface area (Å²) in [7, 11) is 0. The first-order chi connectivity index (χ1) is 11.4. The van der Waals surface area contributed by atoms with Gasteiger partial charge in [-0.15, -0.1) is 6.42 Å². The summed E-state index contributed by atoms with van der Waals surface area (Å²) in [6.07, 6.45) is 13.1. The molecular formula is C21H26O3. The zero-order valence-corrected chi connectivity index (χ0v) is 14.4. The van der Waals surface area contributed by atoms with Crippen molar-refractivity contribution in [1.29, 1.82) is 0 Å². The fourth-order valence-corrected chi connectivity index (χ4v) is 6.71. The maximum absolute atomic E-state index is 12.5. The van der Waals surface area contributed by atoms with Crippen molar-refractivity contribution in [2.45, 2.75) is 64.4 Å². The summed E-state index contributed by atoms with van der Waals surface area (Å²) in [4.78, 5) is 24.4. The summed E-state index contributed by atoms with van der Waals surface area (Å²) in [5, 5.41) is 10.8. The van der Waals surface area contributed by atoms with Crippen LogP contribution in [0.25, 0.3) is 0 Å². The smallest absolute Gasteiger partial charge is 0.155 e. The standard InChI is InChI=1S/C21H26O3/c1-3-18(23)21-11-8-14(22)12-13(21)4-5-15-16-6-7-19(24)20(16,2)10-9-17(15)21/h1,12,15-18,23H,4-11H2,2H3/t15-,16-,17-,18?,20-,21+/m0/s1. The SMILES string of the molecule is C#CC(O)[C@]12CCC(=O)C=C1CC[C@@H]1[C@@H]2CC[C@]2(C)C(=O)CC[C@@H]12. The van der Waals surface area contributed by atoms with Crippen molar-refractivity contribution < 1.29 is 14.7 Å². The highest BCUT2D eigenvalue weighted by atomic mass is 16.3. The minimum absolute atomic E-state index is 0.167. The molecule has 4 aliphatic rings. The van der Waals surface area contributed by atoms with Gasteiger partial charge in [-0.1, -0.05) is 18.4 Å². The molecule has 3 nitrogen and oxygen atoms in total. The molecular weight excluding hydrogens is 300 g/mol. The van der Waals surface area contributed by atoms with E-state index in [1.165, 1.54) is 0 Å². The quantitative estimate of drug-likeness (QED) is 0.754. The third kappa shape index (κ3) is 1.90. The van der Waals surface area contributed by atoms with Gasteiger partial charge in [-0.25, -0.2) is 0 Å². The zero-order chi connectivity index (χ0) is 17.1. The third-order valence-corrected chi connectivity index (χ3v) is 7.92. The highest BCUT2D eigenvalue weighted by Gasteiger charge is 2.61. The van der Waals surface area contributed by atoms with Crippen molar-refractivity contribution in [2.24, 2.45) is 28.6 Å². The van der Waals surface area contributed by atoms with Gasteiger partial charge in [-0.2, -0.15) is 0 Å². The molecule has 4 aliphatic carbocycles. The number of rotatable bonds is 1. The maximum atomic E-state index is 12.5. The Hall–Kier alpha value is -1.40. The third-order valence-electron chi connectivity index (χ3n) is 7.92. The largest absolute Gasteiger partial charge is 0.379 e. The summed E-state index contributed by atoms with van der Waals surface area (Å²) in [6.45, 7) is 2.16. The van der Waals surface area contributed by atoms with Crippen LogP contribution >= 0.6 is 0 Å². The van der Waals surface area contributed by atoms with Gasteiger partial charge in [-0.05, 0) is 62.4 Å². The average molecular weight is 326 g/mol. The monoisotopic (exact) mass is 326 g/mol. The minimum Gasteiger partial charge on any atom is -0.379 e. The lowest BCUT2D eigenvalue weighted by atomic mass is 9.45. The molecule has 0 spiro atoms. The molecule has 1 N–H and O–H groups in total. The molecule has 0 aliphatic heterocycles. The summed E-state index contributed by atoms with van der Waals surface area (Å²) in [5.41, 5.74) is 0.478. The molecule has 128 valence electrons. The van der Waals surface area contributed by atoms with Crippen LogP contribution in [-0.4, -0.2) is 22.8 Å². The molecule has 0 aromatic carbocycles. The highest BCUT2D eigenvalue weighted by Crippen LogP contribution is 2.65. The number of fused-ring (bicyclic) bond motifs is 5. The van der Waals surface area contributed by atoms with Crippen LogP contribution in [0.2, 0.25) is 0 Å². The van der Waals surface area contributed by atoms with E-state index in [1.54, 1.807) is 6.08 Å². The number of hydrogen-bond acceptors (Lipinski definition) is 3. The van der Waals surface area contributed by atoms with E-state index in [2.05, 4.69) is 12.8 Å². The molecule has 0 radical (unpaired) electrons. The summed E-state index contributed by atoms with van der Waals surface area (Å²) in [6, 6.07) is 0. The lowest BCUT2D eigenvalue weighted by Gasteiger charge is -2.58. The van der Waals surface area contributed by atoms with Gasteiger partial charge in [0.2, 0.25) is 0 Å². The minimum atomic E-state index is -0.828. The van der Waals surface area contributed by atoms with Gasteiger partial charge in [0.25, 0.3) is 0 Å². The van der Waals surface area contributed by atoms with Gasteiger partial charge in [0.05, 0.1) is 0 Å². The number of ketones is 2. The molecule has 3 fully saturated rings. The van der Waals surface area contributed by atoms with Crippen molar-refractivity contribution in [3.8, 4) is 12.3 Å². The Morgan fingerprint density at radius 2 is 1.96 bits per heavy atom. The molecule has 0 aromatic rings. The second-order valence-electron chi connectivity index (χ2n) is 8.58. The molecule has 0 amide bonds. The number of carbonyl (C=O) groups excluding carboxylic acids is 2. The lowest BCUT2D eigenvalue weighted by molar-refractivity contribution is -0.135. The molecule has 0 bridgehead atoms. The van der Waals surface area contributed by atoms with Crippen molar-refractivity contribution in [3.63, 3.8) is 0 Å². The maximum Gasteiger partial charge on any atom is 0.155 e.